The van der Waals surface area contributed by atoms with Gasteiger partial charge in [0.05, 0.1) is 11.2 Å². The molecule has 21 heavy (non-hydrogen) atoms. The minimum atomic E-state index is -0.0627. The van der Waals surface area contributed by atoms with Crippen LogP contribution in [0, 0.1) is 11.3 Å². The molecular formula is C16H18N4O. The van der Waals surface area contributed by atoms with E-state index in [2.05, 4.69) is 16.4 Å². The van der Waals surface area contributed by atoms with Gasteiger partial charge < -0.3 is 9.88 Å². The maximum Gasteiger partial charge on any atom is 0.252 e. The second-order valence-electron chi connectivity index (χ2n) is 5.61. The highest BCUT2D eigenvalue weighted by Crippen LogP contribution is 2.25. The fourth-order valence-electron chi connectivity index (χ4n) is 2.97. The van der Waals surface area contributed by atoms with Gasteiger partial charge in [0, 0.05) is 19.2 Å². The fraction of sp³-hybridized carbons (Fsp3) is 0.438. The van der Waals surface area contributed by atoms with Crippen LogP contribution in [0.2, 0.25) is 0 Å². The average Bonchev–Trinajstić information content (AvgIpc) is 2.53. The van der Waals surface area contributed by atoms with Gasteiger partial charge in [-0.25, -0.2) is 4.98 Å². The lowest BCUT2D eigenvalue weighted by atomic mass is 9.95. The molecule has 3 rings (SSSR count). The van der Waals surface area contributed by atoms with Gasteiger partial charge in [-0.2, -0.15) is 5.26 Å². The van der Waals surface area contributed by atoms with E-state index in [1.54, 1.807) is 29.8 Å². The lowest BCUT2D eigenvalue weighted by molar-refractivity contribution is 0.463. The van der Waals surface area contributed by atoms with E-state index in [9.17, 15) is 4.79 Å². The molecule has 0 bridgehead atoms. The summed E-state index contributed by atoms with van der Waals surface area (Å²) in [4.78, 5) is 16.5. The predicted molar refractivity (Wildman–Crippen MR) is 82.2 cm³/mol. The highest BCUT2D eigenvalue weighted by Gasteiger charge is 2.16. The molecule has 0 aliphatic heterocycles. The van der Waals surface area contributed by atoms with Crippen molar-refractivity contribution in [2.45, 2.75) is 38.1 Å². The van der Waals surface area contributed by atoms with Crippen LogP contribution in [0.5, 0.6) is 0 Å². The molecule has 108 valence electrons. The van der Waals surface area contributed by atoms with Gasteiger partial charge in [-0.3, -0.25) is 4.79 Å². The van der Waals surface area contributed by atoms with Gasteiger partial charge in [-0.05, 0) is 25.0 Å². The van der Waals surface area contributed by atoms with Gasteiger partial charge in [0.15, 0.2) is 0 Å². The monoisotopic (exact) mass is 282 g/mol. The van der Waals surface area contributed by atoms with Gasteiger partial charge >= 0.3 is 0 Å². The van der Waals surface area contributed by atoms with E-state index in [4.69, 9.17) is 5.26 Å². The summed E-state index contributed by atoms with van der Waals surface area (Å²) in [5.41, 5.74) is 2.50. The molecule has 2 aromatic heterocycles. The van der Waals surface area contributed by atoms with Gasteiger partial charge in [0.2, 0.25) is 0 Å². The Kier molecular flexibility index (Phi) is 3.61. The van der Waals surface area contributed by atoms with Crippen molar-refractivity contribution in [1.82, 2.24) is 9.55 Å². The Morgan fingerprint density at radius 1 is 1.33 bits per heavy atom. The highest BCUT2D eigenvalue weighted by atomic mass is 16.1. The molecule has 0 radical (unpaired) electrons. The maximum atomic E-state index is 12.1. The van der Waals surface area contributed by atoms with Crippen molar-refractivity contribution in [3.05, 3.63) is 34.2 Å². The average molecular weight is 282 g/mol. The number of pyridine rings is 2. The van der Waals surface area contributed by atoms with Crippen LogP contribution in [-0.4, -0.2) is 15.6 Å². The largest absolute Gasteiger partial charge is 0.380 e. The Balaban J connectivity index is 2.09. The number of rotatable bonds is 2. The summed E-state index contributed by atoms with van der Waals surface area (Å²) < 4.78 is 1.57. The predicted octanol–water partition coefficient (Wildman–Crippen LogP) is 2.55. The molecule has 0 saturated heterocycles. The van der Waals surface area contributed by atoms with E-state index >= 15 is 0 Å². The molecular weight excluding hydrogens is 264 g/mol. The third-order valence-electron chi connectivity index (χ3n) is 4.17. The Hall–Kier alpha value is -2.35. The Morgan fingerprint density at radius 3 is 2.81 bits per heavy atom. The molecule has 1 aliphatic rings. The number of aromatic nitrogens is 2. The van der Waals surface area contributed by atoms with Crippen LogP contribution in [0.1, 0.15) is 37.8 Å². The summed E-state index contributed by atoms with van der Waals surface area (Å²) in [5.74, 6) is 0. The van der Waals surface area contributed by atoms with Crippen LogP contribution < -0.4 is 10.9 Å². The molecule has 5 nitrogen and oxygen atoms in total. The zero-order valence-corrected chi connectivity index (χ0v) is 12.1. The van der Waals surface area contributed by atoms with E-state index in [0.29, 0.717) is 17.3 Å². The van der Waals surface area contributed by atoms with Crippen LogP contribution in [-0.2, 0) is 7.05 Å². The number of hydrogen-bond acceptors (Lipinski definition) is 4. The number of fused-ring (bicyclic) bond motifs is 1. The molecule has 1 fully saturated rings. The number of nitriles is 1. The Morgan fingerprint density at radius 2 is 2.10 bits per heavy atom. The molecule has 2 heterocycles. The van der Waals surface area contributed by atoms with Crippen molar-refractivity contribution in [3.63, 3.8) is 0 Å². The first kappa shape index (κ1) is 13.6. The lowest BCUT2D eigenvalue weighted by Crippen LogP contribution is -2.25. The maximum absolute atomic E-state index is 12.1. The summed E-state index contributed by atoms with van der Waals surface area (Å²) >= 11 is 0. The van der Waals surface area contributed by atoms with Crippen LogP contribution in [0.4, 0.5) is 5.69 Å². The molecule has 2 aromatic rings. The van der Waals surface area contributed by atoms with Crippen LogP contribution in [0.25, 0.3) is 11.0 Å². The zero-order valence-electron chi connectivity index (χ0n) is 12.1. The van der Waals surface area contributed by atoms with Gasteiger partial charge in [-0.1, -0.05) is 19.3 Å². The minimum absolute atomic E-state index is 0.0627. The van der Waals surface area contributed by atoms with E-state index in [0.717, 1.165) is 24.0 Å². The van der Waals surface area contributed by atoms with Gasteiger partial charge in [-0.15, -0.1) is 0 Å². The minimum Gasteiger partial charge on any atom is -0.380 e. The fourth-order valence-corrected chi connectivity index (χ4v) is 2.97. The molecule has 5 heteroatoms. The number of nitrogens with zero attached hydrogens (tertiary/aromatic N) is 3. The van der Waals surface area contributed by atoms with E-state index < -0.39 is 0 Å². The van der Waals surface area contributed by atoms with Crippen molar-refractivity contribution >= 4 is 16.7 Å². The first-order chi connectivity index (χ1) is 10.2. The molecule has 0 amide bonds. The van der Waals surface area contributed by atoms with Crippen LogP contribution >= 0.6 is 0 Å². The van der Waals surface area contributed by atoms with Crippen LogP contribution in [0.3, 0.4) is 0 Å². The molecule has 0 unspecified atom stereocenters. The first-order valence-corrected chi connectivity index (χ1v) is 7.36. The molecule has 1 N–H and O–H groups in total. The summed E-state index contributed by atoms with van der Waals surface area (Å²) in [6.45, 7) is 0. The van der Waals surface area contributed by atoms with E-state index in [-0.39, 0.29) is 5.56 Å². The van der Waals surface area contributed by atoms with Crippen molar-refractivity contribution in [1.29, 1.82) is 5.26 Å². The zero-order chi connectivity index (χ0) is 14.8. The summed E-state index contributed by atoms with van der Waals surface area (Å²) in [6.07, 6.45) is 5.96. The van der Waals surface area contributed by atoms with E-state index in [1.165, 1.54) is 19.3 Å². The summed E-state index contributed by atoms with van der Waals surface area (Å²) in [7, 11) is 1.72. The normalized spacial score (nSPS) is 15.8. The second kappa shape index (κ2) is 5.57. The Labute approximate surface area is 123 Å². The van der Waals surface area contributed by atoms with E-state index in [1.807, 2.05) is 0 Å². The van der Waals surface area contributed by atoms with Crippen molar-refractivity contribution in [2.75, 3.05) is 5.32 Å². The molecule has 0 atom stereocenters. The van der Waals surface area contributed by atoms with Crippen LogP contribution in [0.15, 0.2) is 23.0 Å². The number of aryl methyl sites for hydroxylation is 1. The second-order valence-corrected chi connectivity index (χ2v) is 5.61. The smallest absolute Gasteiger partial charge is 0.252 e. The number of anilines is 1. The van der Waals surface area contributed by atoms with Gasteiger partial charge in [0.25, 0.3) is 5.56 Å². The summed E-state index contributed by atoms with van der Waals surface area (Å²) in [6, 6.07) is 7.47. The number of hydrogen-bond donors (Lipinski definition) is 1. The highest BCUT2D eigenvalue weighted by molar-refractivity contribution is 5.88. The quantitative estimate of drug-likeness (QED) is 0.919. The third-order valence-corrected chi connectivity index (χ3v) is 4.17. The molecule has 1 aliphatic carbocycles. The van der Waals surface area contributed by atoms with Crippen molar-refractivity contribution in [3.8, 4) is 6.07 Å². The first-order valence-electron chi connectivity index (χ1n) is 7.36. The lowest BCUT2D eigenvalue weighted by Gasteiger charge is -2.24. The third kappa shape index (κ3) is 2.62. The van der Waals surface area contributed by atoms with Gasteiger partial charge in [0.1, 0.15) is 17.3 Å². The van der Waals surface area contributed by atoms with Crippen molar-refractivity contribution < 1.29 is 0 Å². The summed E-state index contributed by atoms with van der Waals surface area (Å²) in [5, 5.41) is 12.5. The molecule has 0 spiro atoms. The van der Waals surface area contributed by atoms with Crippen molar-refractivity contribution in [2.24, 2.45) is 7.05 Å². The topological polar surface area (TPSA) is 70.7 Å². The Bertz CT molecular complexity index is 766. The number of nitrogens with one attached hydrogen (secondary N) is 1. The molecule has 0 aromatic carbocycles. The standard InChI is InChI=1S/C16H18N4O/c1-20-14-8-7-12(10-17)19-16(14)13(9-15(20)21)18-11-5-3-2-4-6-11/h7-9,11,18H,2-6H2,1H3. The SMILES string of the molecule is Cn1c(=O)cc(NC2CCCCC2)c2nc(C#N)ccc21. The molecule has 1 saturated carbocycles.